The van der Waals surface area contributed by atoms with Crippen LogP contribution in [0, 0.1) is 0 Å². The van der Waals surface area contributed by atoms with Gasteiger partial charge in [0.1, 0.15) is 18.5 Å². The number of carbonyl (C=O) groups is 2. The molecule has 1 N–H and O–H groups in total. The van der Waals surface area contributed by atoms with Gasteiger partial charge in [0.15, 0.2) is 0 Å². The topological polar surface area (TPSA) is 72.8 Å². The van der Waals surface area contributed by atoms with Crippen LogP contribution in [0.25, 0.3) is 0 Å². The normalized spacial score (nSPS) is 16.6. The fraction of sp³-hybridized carbons (Fsp3) is 0.385. The highest BCUT2D eigenvalue weighted by atomic mass is 35.5. The summed E-state index contributed by atoms with van der Waals surface area (Å²) in [5.74, 6) is -0.799. The number of carbonyl (C=O) groups excluding carboxylic acids is 1. The van der Waals surface area contributed by atoms with E-state index >= 15 is 0 Å². The molecular formula is C13H13ClO5. The summed E-state index contributed by atoms with van der Waals surface area (Å²) in [5, 5.41) is 9.08. The Morgan fingerprint density at radius 3 is 2.95 bits per heavy atom. The van der Waals surface area contributed by atoms with E-state index in [1.54, 1.807) is 12.1 Å². The summed E-state index contributed by atoms with van der Waals surface area (Å²) in [5.41, 5.74) is 0.985. The fourth-order valence-corrected chi connectivity index (χ4v) is 2.04. The third kappa shape index (κ3) is 3.86. The summed E-state index contributed by atoms with van der Waals surface area (Å²) in [7, 11) is 0. The van der Waals surface area contributed by atoms with Crippen LogP contribution in [0.3, 0.4) is 0 Å². The first-order chi connectivity index (χ1) is 9.04. The Balaban J connectivity index is 1.78. The van der Waals surface area contributed by atoms with Gasteiger partial charge in [-0.05, 0) is 23.8 Å². The van der Waals surface area contributed by atoms with Gasteiger partial charge in [0.25, 0.3) is 0 Å². The highest BCUT2D eigenvalue weighted by Gasteiger charge is 2.24. The Bertz CT molecular complexity index is 500. The minimum atomic E-state index is -1.02. The number of hydrogen-bond donors (Lipinski definition) is 1. The zero-order chi connectivity index (χ0) is 13.8. The summed E-state index contributed by atoms with van der Waals surface area (Å²) in [6, 6.07) is 5.34. The van der Waals surface area contributed by atoms with Crippen molar-refractivity contribution in [2.75, 3.05) is 6.61 Å². The highest BCUT2D eigenvalue weighted by Crippen LogP contribution is 2.31. The maximum atomic E-state index is 11.3. The van der Waals surface area contributed by atoms with Crippen molar-refractivity contribution in [2.24, 2.45) is 0 Å². The van der Waals surface area contributed by atoms with Gasteiger partial charge in [0.05, 0.1) is 12.8 Å². The number of aliphatic carboxylic acids is 1. The molecule has 0 spiro atoms. The Morgan fingerprint density at radius 2 is 2.21 bits per heavy atom. The molecule has 0 aliphatic carbocycles. The molecule has 0 saturated carbocycles. The molecule has 0 amide bonds. The van der Waals surface area contributed by atoms with Crippen LogP contribution in [0.4, 0.5) is 0 Å². The molecule has 2 rings (SSSR count). The maximum absolute atomic E-state index is 11.3. The molecule has 1 aliphatic heterocycles. The van der Waals surface area contributed by atoms with Crippen LogP contribution in [0.2, 0.25) is 5.02 Å². The summed E-state index contributed by atoms with van der Waals surface area (Å²) in [6.45, 7) is 0.116. The van der Waals surface area contributed by atoms with E-state index in [2.05, 4.69) is 0 Å². The predicted molar refractivity (Wildman–Crippen MR) is 67.4 cm³/mol. The predicted octanol–water partition coefficient (Wildman–Crippen LogP) is 2.05. The molecular weight excluding hydrogens is 272 g/mol. The molecule has 0 unspecified atom stereocenters. The summed E-state index contributed by atoms with van der Waals surface area (Å²) < 4.78 is 10.6. The summed E-state index contributed by atoms with van der Waals surface area (Å²) in [6.07, 6.45) is 0.0468. The van der Waals surface area contributed by atoms with Crippen molar-refractivity contribution >= 4 is 23.5 Å². The smallest absolute Gasteiger partial charge is 0.306 e. The number of esters is 1. The minimum absolute atomic E-state index is 0.116. The van der Waals surface area contributed by atoms with Gasteiger partial charge < -0.3 is 14.6 Å². The van der Waals surface area contributed by atoms with Crippen molar-refractivity contribution in [3.63, 3.8) is 0 Å². The van der Waals surface area contributed by atoms with E-state index in [1.807, 2.05) is 6.07 Å². The lowest BCUT2D eigenvalue weighted by atomic mass is 10.1. The lowest BCUT2D eigenvalue weighted by Gasteiger charge is -2.10. The first-order valence-electron chi connectivity index (χ1n) is 5.87. The van der Waals surface area contributed by atoms with E-state index in [0.717, 1.165) is 11.3 Å². The van der Waals surface area contributed by atoms with Crippen LogP contribution >= 0.6 is 11.6 Å². The van der Waals surface area contributed by atoms with Gasteiger partial charge in [0, 0.05) is 11.4 Å². The average Bonchev–Trinajstić information content (AvgIpc) is 2.75. The number of rotatable bonds is 5. The third-order valence-electron chi connectivity index (χ3n) is 2.74. The maximum Gasteiger partial charge on any atom is 0.306 e. The molecule has 1 aromatic carbocycles. The van der Waals surface area contributed by atoms with Gasteiger partial charge in [-0.15, -0.1) is 0 Å². The van der Waals surface area contributed by atoms with Crippen LogP contribution in [0.1, 0.15) is 18.4 Å². The van der Waals surface area contributed by atoms with E-state index in [9.17, 15) is 9.59 Å². The fourth-order valence-electron chi connectivity index (χ4n) is 1.85. The van der Waals surface area contributed by atoms with Crippen molar-refractivity contribution < 1.29 is 24.2 Å². The van der Waals surface area contributed by atoms with Crippen molar-refractivity contribution in [1.29, 1.82) is 0 Å². The van der Waals surface area contributed by atoms with Gasteiger partial charge in [0.2, 0.25) is 0 Å². The third-order valence-corrected chi connectivity index (χ3v) is 2.97. The highest BCUT2D eigenvalue weighted by molar-refractivity contribution is 6.30. The summed E-state index contributed by atoms with van der Waals surface area (Å²) in [4.78, 5) is 21.6. The zero-order valence-corrected chi connectivity index (χ0v) is 10.9. The molecule has 19 heavy (non-hydrogen) atoms. The number of benzene rings is 1. The number of ether oxygens (including phenoxy) is 2. The molecule has 0 aromatic heterocycles. The van der Waals surface area contributed by atoms with E-state index in [1.165, 1.54) is 0 Å². The number of fused-ring (bicyclic) bond motifs is 1. The second-order valence-corrected chi connectivity index (χ2v) is 4.71. The van der Waals surface area contributed by atoms with E-state index in [-0.39, 0.29) is 25.6 Å². The van der Waals surface area contributed by atoms with E-state index in [4.69, 9.17) is 26.2 Å². The van der Waals surface area contributed by atoms with E-state index in [0.29, 0.717) is 11.4 Å². The first-order valence-corrected chi connectivity index (χ1v) is 6.25. The van der Waals surface area contributed by atoms with Crippen LogP contribution in [0.5, 0.6) is 5.75 Å². The van der Waals surface area contributed by atoms with Crippen molar-refractivity contribution in [2.45, 2.75) is 25.4 Å². The lowest BCUT2D eigenvalue weighted by molar-refractivity contribution is -0.149. The lowest BCUT2D eigenvalue weighted by Crippen LogP contribution is -2.23. The van der Waals surface area contributed by atoms with Gasteiger partial charge in [-0.3, -0.25) is 9.59 Å². The van der Waals surface area contributed by atoms with E-state index < -0.39 is 11.9 Å². The van der Waals surface area contributed by atoms with Crippen molar-refractivity contribution in [1.82, 2.24) is 0 Å². The van der Waals surface area contributed by atoms with Gasteiger partial charge >= 0.3 is 11.9 Å². The Kier molecular flexibility index (Phi) is 4.27. The number of halogens is 1. The Labute approximate surface area is 115 Å². The van der Waals surface area contributed by atoms with Crippen molar-refractivity contribution in [3.8, 4) is 5.75 Å². The molecule has 102 valence electrons. The molecule has 0 radical (unpaired) electrons. The Morgan fingerprint density at radius 1 is 1.42 bits per heavy atom. The van der Waals surface area contributed by atoms with Gasteiger partial charge in [-0.25, -0.2) is 0 Å². The molecule has 1 aliphatic rings. The molecule has 1 atom stereocenters. The largest absolute Gasteiger partial charge is 0.486 e. The number of carboxylic acid groups (broad SMARTS) is 1. The molecule has 1 heterocycles. The van der Waals surface area contributed by atoms with Gasteiger partial charge in [-0.1, -0.05) is 11.6 Å². The number of hydrogen-bond acceptors (Lipinski definition) is 4. The van der Waals surface area contributed by atoms with Gasteiger partial charge in [-0.2, -0.15) is 0 Å². The monoisotopic (exact) mass is 284 g/mol. The van der Waals surface area contributed by atoms with Crippen molar-refractivity contribution in [3.05, 3.63) is 28.8 Å². The van der Waals surface area contributed by atoms with Crippen LogP contribution in [-0.4, -0.2) is 29.8 Å². The molecule has 6 heteroatoms. The average molecular weight is 285 g/mol. The standard InChI is InChI=1S/C13H13ClO5/c14-9-1-2-11-8(5-9)6-10(19-11)7-18-13(17)4-3-12(15)16/h1-2,5,10H,3-4,6-7H2,(H,15,16)/t10-/m1/s1. The van der Waals surface area contributed by atoms with Crippen LogP contribution in [0.15, 0.2) is 18.2 Å². The zero-order valence-electron chi connectivity index (χ0n) is 10.1. The molecule has 0 saturated heterocycles. The van der Waals surface area contributed by atoms with Crippen LogP contribution in [-0.2, 0) is 20.7 Å². The Hall–Kier alpha value is -1.75. The SMILES string of the molecule is O=C(O)CCC(=O)OC[C@H]1Cc2cc(Cl)ccc2O1. The second-order valence-electron chi connectivity index (χ2n) is 4.27. The number of carboxylic acids is 1. The molecule has 0 bridgehead atoms. The molecule has 0 fully saturated rings. The summed E-state index contributed by atoms with van der Waals surface area (Å²) >= 11 is 5.87. The quantitative estimate of drug-likeness (QED) is 0.838. The second kappa shape index (κ2) is 5.93. The molecule has 5 nitrogen and oxygen atoms in total. The first kappa shape index (κ1) is 13.7. The van der Waals surface area contributed by atoms with Crippen LogP contribution < -0.4 is 4.74 Å². The molecule has 1 aromatic rings. The minimum Gasteiger partial charge on any atom is -0.486 e.